The Morgan fingerprint density at radius 1 is 1.24 bits per heavy atom. The summed E-state index contributed by atoms with van der Waals surface area (Å²) in [5.74, 6) is 1.60. The summed E-state index contributed by atoms with van der Waals surface area (Å²) in [7, 11) is 0. The molecule has 0 fully saturated rings. The van der Waals surface area contributed by atoms with Crippen LogP contribution in [0.2, 0.25) is 0 Å². The molecule has 7 nitrogen and oxygen atoms in total. The molecule has 0 radical (unpaired) electrons. The van der Waals surface area contributed by atoms with E-state index in [1.165, 1.54) is 4.90 Å². The van der Waals surface area contributed by atoms with Gasteiger partial charge in [-0.1, -0.05) is 18.2 Å². The van der Waals surface area contributed by atoms with Gasteiger partial charge in [0.2, 0.25) is 11.9 Å². The van der Waals surface area contributed by atoms with Gasteiger partial charge < -0.3 is 4.90 Å². The summed E-state index contributed by atoms with van der Waals surface area (Å²) in [5, 5.41) is 9.57. The molecule has 2 aromatic heterocycles. The minimum atomic E-state index is -0.145. The summed E-state index contributed by atoms with van der Waals surface area (Å²) in [4.78, 5) is 24.1. The molecule has 2 N–H and O–H groups in total. The molecule has 0 spiro atoms. The molecule has 3 aromatic rings. The van der Waals surface area contributed by atoms with Crippen LogP contribution in [0.5, 0.6) is 0 Å². The normalized spacial score (nSPS) is 13.4. The second kappa shape index (κ2) is 6.94. The highest BCUT2D eigenvalue weighted by molar-refractivity contribution is 7.99. The monoisotopic (exact) mass is 352 g/mol. The average Bonchev–Trinajstić information content (AvgIpc) is 3.11. The van der Waals surface area contributed by atoms with Crippen LogP contribution in [0.3, 0.4) is 0 Å². The maximum absolute atomic E-state index is 12.4. The van der Waals surface area contributed by atoms with E-state index in [1.54, 1.807) is 6.20 Å². The lowest BCUT2D eigenvalue weighted by Crippen LogP contribution is -2.36. The Labute approximate surface area is 148 Å². The van der Waals surface area contributed by atoms with Gasteiger partial charge in [0.25, 0.3) is 0 Å². The fraction of sp³-hybridized carbons (Fsp3) is 0.176. The first-order valence-corrected chi connectivity index (χ1v) is 8.88. The van der Waals surface area contributed by atoms with E-state index >= 15 is 0 Å². The molecule has 25 heavy (non-hydrogen) atoms. The molecule has 0 atom stereocenters. The fourth-order valence-corrected chi connectivity index (χ4v) is 3.72. The van der Waals surface area contributed by atoms with Crippen molar-refractivity contribution < 1.29 is 4.79 Å². The summed E-state index contributed by atoms with van der Waals surface area (Å²) >= 11 is 1.81. The number of anilines is 2. The van der Waals surface area contributed by atoms with Crippen molar-refractivity contribution in [2.45, 2.75) is 4.90 Å². The predicted molar refractivity (Wildman–Crippen MR) is 97.6 cm³/mol. The van der Waals surface area contributed by atoms with Gasteiger partial charge >= 0.3 is 0 Å². The second-order valence-corrected chi connectivity index (χ2v) is 6.65. The number of H-pyrrole nitrogens is 1. The predicted octanol–water partition coefficient (Wildman–Crippen LogP) is 2.42. The number of thioether (sulfide) groups is 1. The Balaban J connectivity index is 1.43. The van der Waals surface area contributed by atoms with Gasteiger partial charge in [0.1, 0.15) is 5.69 Å². The topological polar surface area (TPSA) is 86.8 Å². The smallest absolute Gasteiger partial charge is 0.249 e. The molecule has 126 valence electrons. The Kier molecular flexibility index (Phi) is 4.34. The Hall–Kier alpha value is -2.87. The minimum absolute atomic E-state index is 0.145. The highest BCUT2D eigenvalue weighted by Crippen LogP contribution is 2.33. The zero-order valence-electron chi connectivity index (χ0n) is 13.3. The Morgan fingerprint density at radius 2 is 2.12 bits per heavy atom. The maximum Gasteiger partial charge on any atom is 0.249 e. The van der Waals surface area contributed by atoms with Crippen LogP contribution in [0, 0.1) is 0 Å². The van der Waals surface area contributed by atoms with E-state index in [0.717, 1.165) is 18.0 Å². The average molecular weight is 352 g/mol. The lowest BCUT2D eigenvalue weighted by molar-refractivity contribution is -0.115. The van der Waals surface area contributed by atoms with Gasteiger partial charge in [-0.2, -0.15) is 4.98 Å². The number of hydrogen-bond donors (Lipinski definition) is 2. The van der Waals surface area contributed by atoms with E-state index in [4.69, 9.17) is 0 Å². The van der Waals surface area contributed by atoms with Crippen molar-refractivity contribution in [1.82, 2.24) is 20.2 Å². The van der Waals surface area contributed by atoms with Gasteiger partial charge in [-0.25, -0.2) is 0 Å². The van der Waals surface area contributed by atoms with Crippen LogP contribution < -0.4 is 10.2 Å². The summed E-state index contributed by atoms with van der Waals surface area (Å²) in [5.41, 5.74) is 1.77. The SMILES string of the molecule is O=C(CN1CCSc2ccccc21)Nc1n[nH]c(-c2ccccn2)n1. The number of rotatable bonds is 4. The van der Waals surface area contributed by atoms with Gasteiger partial charge in [0, 0.05) is 23.4 Å². The Bertz CT molecular complexity index is 882. The number of carbonyl (C=O) groups excluding carboxylic acids is 1. The molecule has 1 aliphatic heterocycles. The fourth-order valence-electron chi connectivity index (χ4n) is 2.66. The number of hydrogen-bond acceptors (Lipinski definition) is 6. The van der Waals surface area contributed by atoms with Crippen LogP contribution in [0.4, 0.5) is 11.6 Å². The number of fused-ring (bicyclic) bond motifs is 1. The van der Waals surface area contributed by atoms with Crippen LogP contribution >= 0.6 is 11.8 Å². The molecule has 0 bridgehead atoms. The third-order valence-electron chi connectivity index (χ3n) is 3.80. The van der Waals surface area contributed by atoms with Crippen molar-refractivity contribution in [2.24, 2.45) is 0 Å². The van der Waals surface area contributed by atoms with Gasteiger partial charge in [-0.15, -0.1) is 16.9 Å². The third-order valence-corrected chi connectivity index (χ3v) is 4.85. The first-order valence-electron chi connectivity index (χ1n) is 7.90. The third kappa shape index (κ3) is 3.48. The molecule has 8 heteroatoms. The van der Waals surface area contributed by atoms with Crippen molar-refractivity contribution in [2.75, 3.05) is 29.1 Å². The number of pyridine rings is 1. The van der Waals surface area contributed by atoms with Crippen LogP contribution in [-0.4, -0.2) is 44.9 Å². The van der Waals surface area contributed by atoms with E-state index < -0.39 is 0 Å². The summed E-state index contributed by atoms with van der Waals surface area (Å²) in [6.45, 7) is 1.10. The molecule has 0 saturated heterocycles. The molecule has 3 heterocycles. The number of para-hydroxylation sites is 1. The van der Waals surface area contributed by atoms with Crippen molar-refractivity contribution in [3.8, 4) is 11.5 Å². The number of nitrogens with one attached hydrogen (secondary N) is 2. The van der Waals surface area contributed by atoms with Gasteiger partial charge in [-0.05, 0) is 24.3 Å². The zero-order chi connectivity index (χ0) is 17.1. The number of benzene rings is 1. The number of nitrogens with zero attached hydrogens (tertiary/aromatic N) is 4. The number of amides is 1. The molecular formula is C17H16N6OS. The first kappa shape index (κ1) is 15.6. The maximum atomic E-state index is 12.4. The number of aromatic amines is 1. The Morgan fingerprint density at radius 3 is 3.00 bits per heavy atom. The quantitative estimate of drug-likeness (QED) is 0.750. The van der Waals surface area contributed by atoms with E-state index in [0.29, 0.717) is 11.5 Å². The molecular weight excluding hydrogens is 336 g/mol. The second-order valence-electron chi connectivity index (χ2n) is 5.51. The molecule has 0 saturated carbocycles. The van der Waals surface area contributed by atoms with Crippen LogP contribution in [0.25, 0.3) is 11.5 Å². The summed E-state index contributed by atoms with van der Waals surface area (Å²) in [6, 6.07) is 13.7. The summed E-state index contributed by atoms with van der Waals surface area (Å²) in [6.07, 6.45) is 1.68. The molecule has 1 amide bonds. The van der Waals surface area contributed by atoms with Crippen molar-refractivity contribution >= 4 is 29.3 Å². The van der Waals surface area contributed by atoms with E-state index in [-0.39, 0.29) is 18.4 Å². The van der Waals surface area contributed by atoms with Crippen molar-refractivity contribution in [1.29, 1.82) is 0 Å². The van der Waals surface area contributed by atoms with Crippen molar-refractivity contribution in [3.63, 3.8) is 0 Å². The van der Waals surface area contributed by atoms with Gasteiger partial charge in [0.05, 0.1) is 12.2 Å². The van der Waals surface area contributed by atoms with Crippen LogP contribution in [-0.2, 0) is 4.79 Å². The van der Waals surface area contributed by atoms with E-state index in [9.17, 15) is 4.79 Å². The van der Waals surface area contributed by atoms with Gasteiger partial charge in [-0.3, -0.25) is 20.2 Å². The number of carbonyl (C=O) groups is 1. The summed E-state index contributed by atoms with van der Waals surface area (Å²) < 4.78 is 0. The van der Waals surface area contributed by atoms with E-state index in [1.807, 2.05) is 48.2 Å². The minimum Gasteiger partial charge on any atom is -0.360 e. The van der Waals surface area contributed by atoms with Crippen molar-refractivity contribution in [3.05, 3.63) is 48.7 Å². The zero-order valence-corrected chi connectivity index (χ0v) is 14.2. The standard InChI is InChI=1S/C17H16N6OS/c24-15(11-23-9-10-25-14-7-2-1-6-13(14)23)19-17-20-16(21-22-17)12-5-3-4-8-18-12/h1-8H,9-11H2,(H2,19,20,21,22,24). The number of aromatic nitrogens is 4. The first-order chi connectivity index (χ1) is 12.3. The highest BCUT2D eigenvalue weighted by atomic mass is 32.2. The molecule has 4 rings (SSSR count). The van der Waals surface area contributed by atoms with Gasteiger partial charge in [0.15, 0.2) is 5.82 Å². The lowest BCUT2D eigenvalue weighted by atomic mass is 10.2. The highest BCUT2D eigenvalue weighted by Gasteiger charge is 2.20. The van der Waals surface area contributed by atoms with Crippen LogP contribution in [0.1, 0.15) is 0 Å². The molecule has 0 aliphatic carbocycles. The van der Waals surface area contributed by atoms with Crippen LogP contribution in [0.15, 0.2) is 53.6 Å². The van der Waals surface area contributed by atoms with E-state index in [2.05, 4.69) is 36.4 Å². The molecule has 1 aliphatic rings. The molecule has 0 unspecified atom stereocenters. The lowest BCUT2D eigenvalue weighted by Gasteiger charge is -2.29. The molecule has 1 aromatic carbocycles. The largest absolute Gasteiger partial charge is 0.360 e.